The zero-order valence-corrected chi connectivity index (χ0v) is 11.2. The summed E-state index contributed by atoms with van der Waals surface area (Å²) < 4.78 is 0. The first-order chi connectivity index (χ1) is 10.2. The molecule has 0 saturated heterocycles. The van der Waals surface area contributed by atoms with Crippen molar-refractivity contribution in [2.75, 3.05) is 0 Å². The Hall–Kier alpha value is -2.94. The lowest BCUT2D eigenvalue weighted by molar-refractivity contribution is -0.130. The van der Waals surface area contributed by atoms with E-state index in [4.69, 9.17) is 0 Å². The van der Waals surface area contributed by atoms with Gasteiger partial charge in [0, 0.05) is 5.39 Å². The molecule has 0 bridgehead atoms. The predicted octanol–water partition coefficient (Wildman–Crippen LogP) is 3.86. The van der Waals surface area contributed by atoms with Gasteiger partial charge in [-0.05, 0) is 23.8 Å². The highest BCUT2D eigenvalue weighted by Gasteiger charge is 2.10. The minimum atomic E-state index is -0.962. The third kappa shape index (κ3) is 2.82. The van der Waals surface area contributed by atoms with E-state index >= 15 is 0 Å². The van der Waals surface area contributed by atoms with Crippen LogP contribution >= 0.6 is 0 Å². The van der Waals surface area contributed by atoms with Crippen LogP contribution in [-0.2, 0) is 4.79 Å². The van der Waals surface area contributed by atoms with Gasteiger partial charge in [0.1, 0.15) is 0 Å². The van der Waals surface area contributed by atoms with Crippen LogP contribution < -0.4 is 0 Å². The SMILES string of the molecule is O=C(O)C(=Cc1ccc2ccccc2n1)c1ccccc1. The zero-order chi connectivity index (χ0) is 14.7. The minimum absolute atomic E-state index is 0.235. The van der Waals surface area contributed by atoms with Crippen molar-refractivity contribution < 1.29 is 9.90 Å². The van der Waals surface area contributed by atoms with Crippen molar-refractivity contribution in [3.05, 3.63) is 78.0 Å². The number of benzene rings is 2. The number of rotatable bonds is 3. The van der Waals surface area contributed by atoms with Gasteiger partial charge in [0.15, 0.2) is 0 Å². The highest BCUT2D eigenvalue weighted by atomic mass is 16.4. The largest absolute Gasteiger partial charge is 0.478 e. The fraction of sp³-hybridized carbons (Fsp3) is 0. The van der Waals surface area contributed by atoms with Gasteiger partial charge in [-0.3, -0.25) is 0 Å². The summed E-state index contributed by atoms with van der Waals surface area (Å²) >= 11 is 0. The van der Waals surface area contributed by atoms with Gasteiger partial charge in [0.2, 0.25) is 0 Å². The molecule has 3 rings (SSSR count). The smallest absolute Gasteiger partial charge is 0.336 e. The minimum Gasteiger partial charge on any atom is -0.478 e. The lowest BCUT2D eigenvalue weighted by Gasteiger charge is -2.03. The van der Waals surface area contributed by atoms with Crippen LogP contribution in [0.2, 0.25) is 0 Å². The number of para-hydroxylation sites is 1. The van der Waals surface area contributed by atoms with Crippen molar-refractivity contribution in [1.82, 2.24) is 4.98 Å². The van der Waals surface area contributed by atoms with Crippen LogP contribution in [0.15, 0.2) is 66.7 Å². The highest BCUT2D eigenvalue weighted by molar-refractivity contribution is 6.20. The van der Waals surface area contributed by atoms with E-state index in [9.17, 15) is 9.90 Å². The summed E-state index contributed by atoms with van der Waals surface area (Å²) in [6.07, 6.45) is 1.60. The normalized spacial score (nSPS) is 11.5. The third-order valence-corrected chi connectivity index (χ3v) is 3.23. The standard InChI is InChI=1S/C18H13NO2/c20-18(21)16(13-6-2-1-3-7-13)12-15-11-10-14-8-4-5-9-17(14)19-15/h1-12H,(H,20,21). The van der Waals surface area contributed by atoms with Gasteiger partial charge < -0.3 is 5.11 Å². The van der Waals surface area contributed by atoms with Crippen LogP contribution in [0.1, 0.15) is 11.3 Å². The maximum atomic E-state index is 11.5. The summed E-state index contributed by atoms with van der Waals surface area (Å²) in [5.41, 5.74) is 2.39. The summed E-state index contributed by atoms with van der Waals surface area (Å²) in [7, 11) is 0. The first-order valence-electron chi connectivity index (χ1n) is 6.60. The second kappa shape index (κ2) is 5.59. The number of fused-ring (bicyclic) bond motifs is 1. The number of carboxylic acids is 1. The average molecular weight is 275 g/mol. The fourth-order valence-electron chi connectivity index (χ4n) is 2.20. The summed E-state index contributed by atoms with van der Waals surface area (Å²) in [4.78, 5) is 16.0. The average Bonchev–Trinajstić information content (AvgIpc) is 2.53. The second-order valence-electron chi connectivity index (χ2n) is 4.66. The molecule has 3 nitrogen and oxygen atoms in total. The molecule has 1 heterocycles. The molecule has 3 aromatic rings. The van der Waals surface area contributed by atoms with Crippen molar-refractivity contribution in [2.45, 2.75) is 0 Å². The molecular weight excluding hydrogens is 262 g/mol. The Balaban J connectivity index is 2.09. The number of aromatic nitrogens is 1. The van der Waals surface area contributed by atoms with Gasteiger partial charge >= 0.3 is 5.97 Å². The number of carbonyl (C=O) groups is 1. The molecule has 0 atom stereocenters. The van der Waals surface area contributed by atoms with Crippen molar-refractivity contribution in [1.29, 1.82) is 0 Å². The Morgan fingerprint density at radius 3 is 2.38 bits per heavy atom. The molecule has 1 N–H and O–H groups in total. The predicted molar refractivity (Wildman–Crippen MR) is 83.7 cm³/mol. The molecule has 0 unspecified atom stereocenters. The second-order valence-corrected chi connectivity index (χ2v) is 4.66. The summed E-state index contributed by atoms with van der Waals surface area (Å²) in [5, 5.41) is 10.4. The molecule has 0 spiro atoms. The van der Waals surface area contributed by atoms with Crippen molar-refractivity contribution >= 4 is 28.5 Å². The topological polar surface area (TPSA) is 50.2 Å². The molecule has 102 valence electrons. The number of pyridine rings is 1. The van der Waals surface area contributed by atoms with Gasteiger partial charge in [0.05, 0.1) is 16.8 Å². The van der Waals surface area contributed by atoms with E-state index in [-0.39, 0.29) is 5.57 Å². The number of aliphatic carboxylic acids is 1. The van der Waals surface area contributed by atoms with Gasteiger partial charge in [-0.2, -0.15) is 0 Å². The Kier molecular flexibility index (Phi) is 3.48. The molecule has 21 heavy (non-hydrogen) atoms. The van der Waals surface area contributed by atoms with Crippen LogP contribution in [0.5, 0.6) is 0 Å². The highest BCUT2D eigenvalue weighted by Crippen LogP contribution is 2.19. The molecule has 2 aromatic carbocycles. The first kappa shape index (κ1) is 13.1. The molecule has 0 aliphatic rings. The molecule has 0 saturated carbocycles. The summed E-state index contributed by atoms with van der Waals surface area (Å²) in [6, 6.07) is 20.6. The van der Waals surface area contributed by atoms with E-state index in [0.29, 0.717) is 11.3 Å². The molecule has 0 radical (unpaired) electrons. The lowest BCUT2D eigenvalue weighted by atomic mass is 10.0. The van der Waals surface area contributed by atoms with Crippen LogP contribution in [0.3, 0.4) is 0 Å². The fourth-order valence-corrected chi connectivity index (χ4v) is 2.20. The third-order valence-electron chi connectivity index (χ3n) is 3.23. The van der Waals surface area contributed by atoms with E-state index in [0.717, 1.165) is 10.9 Å². The van der Waals surface area contributed by atoms with Crippen LogP contribution in [0.4, 0.5) is 0 Å². The quantitative estimate of drug-likeness (QED) is 0.738. The van der Waals surface area contributed by atoms with E-state index in [1.54, 1.807) is 18.2 Å². The Morgan fingerprint density at radius 1 is 0.905 bits per heavy atom. The van der Waals surface area contributed by atoms with Gasteiger partial charge in [-0.1, -0.05) is 54.6 Å². The molecule has 0 fully saturated rings. The monoisotopic (exact) mass is 275 g/mol. The Labute approximate surface area is 122 Å². The molecule has 3 heteroatoms. The number of hydrogen-bond acceptors (Lipinski definition) is 2. The van der Waals surface area contributed by atoms with E-state index in [1.807, 2.05) is 54.6 Å². The molecule has 0 aliphatic carbocycles. The van der Waals surface area contributed by atoms with E-state index in [1.165, 1.54) is 0 Å². The van der Waals surface area contributed by atoms with Gasteiger partial charge in [0.25, 0.3) is 0 Å². The summed E-state index contributed by atoms with van der Waals surface area (Å²) in [5.74, 6) is -0.962. The Bertz CT molecular complexity index is 823. The molecule has 0 amide bonds. The van der Waals surface area contributed by atoms with Crippen molar-refractivity contribution in [3.63, 3.8) is 0 Å². The molecule has 1 aromatic heterocycles. The lowest BCUT2D eigenvalue weighted by Crippen LogP contribution is -1.99. The maximum absolute atomic E-state index is 11.5. The van der Waals surface area contributed by atoms with Crippen LogP contribution in [0.25, 0.3) is 22.6 Å². The molecular formula is C18H13NO2. The maximum Gasteiger partial charge on any atom is 0.336 e. The zero-order valence-electron chi connectivity index (χ0n) is 11.2. The number of carboxylic acid groups (broad SMARTS) is 1. The van der Waals surface area contributed by atoms with E-state index < -0.39 is 5.97 Å². The van der Waals surface area contributed by atoms with E-state index in [2.05, 4.69) is 4.98 Å². The summed E-state index contributed by atoms with van der Waals surface area (Å²) in [6.45, 7) is 0. The van der Waals surface area contributed by atoms with Crippen LogP contribution in [0, 0.1) is 0 Å². The molecule has 0 aliphatic heterocycles. The van der Waals surface area contributed by atoms with Crippen molar-refractivity contribution in [3.8, 4) is 0 Å². The first-order valence-corrected chi connectivity index (χ1v) is 6.60. The number of hydrogen-bond donors (Lipinski definition) is 1. The van der Waals surface area contributed by atoms with Crippen LogP contribution in [-0.4, -0.2) is 16.1 Å². The van der Waals surface area contributed by atoms with Gasteiger partial charge in [-0.25, -0.2) is 9.78 Å². The van der Waals surface area contributed by atoms with Crippen molar-refractivity contribution in [2.24, 2.45) is 0 Å². The number of nitrogens with zero attached hydrogens (tertiary/aromatic N) is 1. The van der Waals surface area contributed by atoms with Gasteiger partial charge in [-0.15, -0.1) is 0 Å². The Morgan fingerprint density at radius 2 is 1.62 bits per heavy atom.